The summed E-state index contributed by atoms with van der Waals surface area (Å²) >= 11 is 1.78. The van der Waals surface area contributed by atoms with Crippen molar-refractivity contribution in [2.24, 2.45) is 5.73 Å². The van der Waals surface area contributed by atoms with Gasteiger partial charge in [-0.25, -0.2) is 0 Å². The minimum absolute atomic E-state index is 0.466. The highest BCUT2D eigenvalue weighted by atomic mass is 32.2. The molecule has 0 fully saturated rings. The number of hydrogen-bond acceptors (Lipinski definition) is 2. The fraction of sp³-hybridized carbons (Fsp3) is 0.400. The number of hydrogen-bond donors (Lipinski definition) is 1. The average Bonchev–Trinajstić information content (AvgIpc) is 2.16. The van der Waals surface area contributed by atoms with Gasteiger partial charge in [0.2, 0.25) is 0 Å². The Hall–Kier alpha value is -0.470. The van der Waals surface area contributed by atoms with Gasteiger partial charge < -0.3 is 5.73 Å². The molecule has 1 nitrogen and oxygen atoms in total. The molecule has 2 N–H and O–H groups in total. The molecule has 0 saturated carbocycles. The van der Waals surface area contributed by atoms with E-state index in [4.69, 9.17) is 5.73 Å². The molecule has 66 valence electrons. The van der Waals surface area contributed by atoms with E-state index in [0.29, 0.717) is 5.92 Å². The van der Waals surface area contributed by atoms with E-state index >= 15 is 0 Å². The highest BCUT2D eigenvalue weighted by Crippen LogP contribution is 2.25. The molecule has 1 atom stereocenters. The molecule has 0 saturated heterocycles. The van der Waals surface area contributed by atoms with Crippen LogP contribution in [-0.2, 0) is 0 Å². The van der Waals surface area contributed by atoms with Crippen LogP contribution >= 0.6 is 11.8 Å². The normalized spacial score (nSPS) is 12.9. The molecule has 0 aliphatic carbocycles. The Labute approximate surface area is 78.4 Å². The SMILES string of the molecule is CSc1ccccc1C(C)CN. The zero-order valence-electron chi connectivity index (χ0n) is 7.58. The first kappa shape index (κ1) is 9.62. The Kier molecular flexibility index (Phi) is 3.63. The van der Waals surface area contributed by atoms with E-state index < -0.39 is 0 Å². The van der Waals surface area contributed by atoms with Crippen molar-refractivity contribution in [1.82, 2.24) is 0 Å². The molecule has 0 amide bonds. The fourth-order valence-corrected chi connectivity index (χ4v) is 1.92. The van der Waals surface area contributed by atoms with Gasteiger partial charge in [-0.05, 0) is 30.3 Å². The second-order valence-corrected chi connectivity index (χ2v) is 3.73. The molecule has 12 heavy (non-hydrogen) atoms. The lowest BCUT2D eigenvalue weighted by atomic mass is 10.0. The van der Waals surface area contributed by atoms with Gasteiger partial charge in [0.1, 0.15) is 0 Å². The van der Waals surface area contributed by atoms with Gasteiger partial charge in [0.25, 0.3) is 0 Å². The van der Waals surface area contributed by atoms with Gasteiger partial charge in [-0.2, -0.15) is 0 Å². The van der Waals surface area contributed by atoms with E-state index in [1.54, 1.807) is 11.8 Å². The molecule has 1 rings (SSSR count). The van der Waals surface area contributed by atoms with Crippen molar-refractivity contribution in [3.63, 3.8) is 0 Å². The molecule has 0 bridgehead atoms. The quantitative estimate of drug-likeness (QED) is 0.725. The molecule has 2 heteroatoms. The van der Waals surface area contributed by atoms with E-state index in [1.807, 2.05) is 0 Å². The first-order chi connectivity index (χ1) is 5.79. The number of nitrogens with two attached hydrogens (primary N) is 1. The van der Waals surface area contributed by atoms with Crippen LogP contribution in [0.2, 0.25) is 0 Å². The van der Waals surface area contributed by atoms with Crippen LogP contribution < -0.4 is 5.73 Å². The standard InChI is InChI=1S/C10H15NS/c1-8(7-11)9-5-3-4-6-10(9)12-2/h3-6,8H,7,11H2,1-2H3. The smallest absolute Gasteiger partial charge is 0.0104 e. The predicted molar refractivity (Wildman–Crippen MR) is 55.7 cm³/mol. The summed E-state index contributed by atoms with van der Waals surface area (Å²) in [5.74, 6) is 0.466. The van der Waals surface area contributed by atoms with Crippen molar-refractivity contribution in [2.45, 2.75) is 17.7 Å². The zero-order valence-corrected chi connectivity index (χ0v) is 8.40. The third-order valence-electron chi connectivity index (χ3n) is 2.02. The van der Waals surface area contributed by atoms with Crippen LogP contribution in [0.3, 0.4) is 0 Å². The molecule has 1 unspecified atom stereocenters. The molecule has 0 radical (unpaired) electrons. The molecule has 0 aliphatic heterocycles. The molecule has 0 heterocycles. The zero-order chi connectivity index (χ0) is 8.97. The lowest BCUT2D eigenvalue weighted by Gasteiger charge is -2.12. The molecule has 0 aliphatic rings. The Morgan fingerprint density at radius 2 is 2.08 bits per heavy atom. The van der Waals surface area contributed by atoms with Crippen LogP contribution in [-0.4, -0.2) is 12.8 Å². The summed E-state index contributed by atoms with van der Waals surface area (Å²) in [5.41, 5.74) is 6.99. The monoisotopic (exact) mass is 181 g/mol. The summed E-state index contributed by atoms with van der Waals surface area (Å²) in [4.78, 5) is 1.34. The summed E-state index contributed by atoms with van der Waals surface area (Å²) < 4.78 is 0. The maximum Gasteiger partial charge on any atom is 0.0104 e. The van der Waals surface area contributed by atoms with E-state index in [9.17, 15) is 0 Å². The van der Waals surface area contributed by atoms with Crippen molar-refractivity contribution in [3.8, 4) is 0 Å². The Morgan fingerprint density at radius 3 is 2.67 bits per heavy atom. The van der Waals surface area contributed by atoms with Crippen LogP contribution in [0.25, 0.3) is 0 Å². The van der Waals surface area contributed by atoms with E-state index in [-0.39, 0.29) is 0 Å². The van der Waals surface area contributed by atoms with Gasteiger partial charge >= 0.3 is 0 Å². The van der Waals surface area contributed by atoms with E-state index in [0.717, 1.165) is 6.54 Å². The lowest BCUT2D eigenvalue weighted by Crippen LogP contribution is -2.09. The van der Waals surface area contributed by atoms with Crippen LogP contribution in [0.15, 0.2) is 29.2 Å². The first-order valence-electron chi connectivity index (χ1n) is 4.12. The maximum absolute atomic E-state index is 5.62. The van der Waals surface area contributed by atoms with Gasteiger partial charge in [0, 0.05) is 4.90 Å². The van der Waals surface area contributed by atoms with Gasteiger partial charge in [-0.1, -0.05) is 25.1 Å². The Balaban J connectivity index is 2.96. The van der Waals surface area contributed by atoms with Crippen LogP contribution in [0.1, 0.15) is 18.4 Å². The fourth-order valence-electron chi connectivity index (χ4n) is 1.20. The van der Waals surface area contributed by atoms with Gasteiger partial charge in [-0.3, -0.25) is 0 Å². The van der Waals surface area contributed by atoms with Gasteiger partial charge in [-0.15, -0.1) is 11.8 Å². The maximum atomic E-state index is 5.62. The molecule has 0 spiro atoms. The van der Waals surface area contributed by atoms with Crippen molar-refractivity contribution in [1.29, 1.82) is 0 Å². The highest BCUT2D eigenvalue weighted by Gasteiger charge is 2.06. The third-order valence-corrected chi connectivity index (χ3v) is 2.84. The number of benzene rings is 1. The highest BCUT2D eigenvalue weighted by molar-refractivity contribution is 7.98. The van der Waals surface area contributed by atoms with Crippen LogP contribution in [0.5, 0.6) is 0 Å². The van der Waals surface area contributed by atoms with E-state index in [2.05, 4.69) is 37.4 Å². The average molecular weight is 181 g/mol. The summed E-state index contributed by atoms with van der Waals surface area (Å²) in [7, 11) is 0. The number of thioether (sulfide) groups is 1. The minimum atomic E-state index is 0.466. The molecule has 1 aromatic carbocycles. The predicted octanol–water partition coefficient (Wildman–Crippen LogP) is 2.47. The molecular weight excluding hydrogens is 166 g/mol. The van der Waals surface area contributed by atoms with Crippen molar-refractivity contribution in [3.05, 3.63) is 29.8 Å². The van der Waals surface area contributed by atoms with Crippen molar-refractivity contribution in [2.75, 3.05) is 12.8 Å². The topological polar surface area (TPSA) is 26.0 Å². The third kappa shape index (κ3) is 2.02. The summed E-state index contributed by atoms with van der Waals surface area (Å²) in [6, 6.07) is 8.44. The summed E-state index contributed by atoms with van der Waals surface area (Å²) in [5, 5.41) is 0. The second-order valence-electron chi connectivity index (χ2n) is 2.88. The van der Waals surface area contributed by atoms with E-state index in [1.165, 1.54) is 10.5 Å². The summed E-state index contributed by atoms with van der Waals surface area (Å²) in [6.45, 7) is 2.88. The van der Waals surface area contributed by atoms with Crippen molar-refractivity contribution < 1.29 is 0 Å². The van der Waals surface area contributed by atoms with Crippen LogP contribution in [0.4, 0.5) is 0 Å². The second kappa shape index (κ2) is 4.53. The Morgan fingerprint density at radius 1 is 1.42 bits per heavy atom. The summed E-state index contributed by atoms with van der Waals surface area (Å²) in [6.07, 6.45) is 2.10. The molecule has 1 aromatic rings. The Bertz CT molecular complexity index is 247. The first-order valence-corrected chi connectivity index (χ1v) is 5.35. The number of rotatable bonds is 3. The minimum Gasteiger partial charge on any atom is -0.330 e. The van der Waals surface area contributed by atoms with Gasteiger partial charge in [0.05, 0.1) is 0 Å². The van der Waals surface area contributed by atoms with Crippen LogP contribution in [0, 0.1) is 0 Å². The van der Waals surface area contributed by atoms with Gasteiger partial charge in [0.15, 0.2) is 0 Å². The molecular formula is C10H15NS. The molecule has 0 aromatic heterocycles. The lowest BCUT2D eigenvalue weighted by molar-refractivity contribution is 0.758. The largest absolute Gasteiger partial charge is 0.330 e. The van der Waals surface area contributed by atoms with Crippen molar-refractivity contribution >= 4 is 11.8 Å².